The number of thiophene rings is 1. The summed E-state index contributed by atoms with van der Waals surface area (Å²) in [7, 11) is 1.72. The monoisotopic (exact) mass is 370 g/mol. The minimum absolute atomic E-state index is 0.0647. The van der Waals surface area contributed by atoms with E-state index in [9.17, 15) is 4.79 Å². The highest BCUT2D eigenvalue weighted by Gasteiger charge is 2.19. The minimum Gasteiger partial charge on any atom is -0.338 e. The van der Waals surface area contributed by atoms with Crippen molar-refractivity contribution in [3.05, 3.63) is 58.0 Å². The molecule has 0 saturated heterocycles. The molecule has 0 saturated carbocycles. The summed E-state index contributed by atoms with van der Waals surface area (Å²) in [5, 5.41) is 7.11. The second-order valence-corrected chi connectivity index (χ2v) is 7.72. The highest BCUT2D eigenvalue weighted by molar-refractivity contribution is 7.99. The molecule has 126 valence electrons. The maximum absolute atomic E-state index is 12.5. The third-order valence-electron chi connectivity index (χ3n) is 3.76. The van der Waals surface area contributed by atoms with Gasteiger partial charge in [-0.25, -0.2) is 4.98 Å². The van der Waals surface area contributed by atoms with Gasteiger partial charge in [-0.15, -0.1) is 11.3 Å². The molecule has 25 heavy (non-hydrogen) atoms. The summed E-state index contributed by atoms with van der Waals surface area (Å²) in [4.78, 5) is 22.5. The lowest BCUT2D eigenvalue weighted by atomic mass is 10.2. The van der Waals surface area contributed by atoms with Gasteiger partial charge in [-0.2, -0.15) is 4.98 Å². The van der Waals surface area contributed by atoms with Gasteiger partial charge in [0.05, 0.1) is 21.0 Å². The maximum atomic E-state index is 12.5. The number of aromatic nitrogens is 4. The summed E-state index contributed by atoms with van der Waals surface area (Å²) >= 11 is 2.98. The lowest BCUT2D eigenvalue weighted by molar-refractivity contribution is 0.380. The second kappa shape index (κ2) is 6.45. The van der Waals surface area contributed by atoms with E-state index in [1.54, 1.807) is 29.0 Å². The quantitative estimate of drug-likeness (QED) is 0.401. The van der Waals surface area contributed by atoms with Crippen molar-refractivity contribution in [3.8, 4) is 10.7 Å². The van der Waals surface area contributed by atoms with Crippen molar-refractivity contribution >= 4 is 34.0 Å². The van der Waals surface area contributed by atoms with Gasteiger partial charge in [0.1, 0.15) is 0 Å². The Kier molecular flexibility index (Phi) is 4.14. The summed E-state index contributed by atoms with van der Waals surface area (Å²) < 4.78 is 6.95. The van der Waals surface area contributed by atoms with E-state index in [0.29, 0.717) is 27.8 Å². The Hall–Kier alpha value is -2.45. The molecule has 0 aliphatic heterocycles. The topological polar surface area (TPSA) is 73.8 Å². The number of para-hydroxylation sites is 1. The summed E-state index contributed by atoms with van der Waals surface area (Å²) in [5.74, 6) is 1.09. The molecule has 0 fully saturated rings. The van der Waals surface area contributed by atoms with Gasteiger partial charge >= 0.3 is 0 Å². The van der Waals surface area contributed by atoms with Crippen LogP contribution >= 0.6 is 23.1 Å². The highest BCUT2D eigenvalue weighted by Crippen LogP contribution is 2.34. The molecule has 3 aromatic heterocycles. The standard InChI is InChI=1S/C17H14N4O2S2/c1-10(15-19-14(20-23-15)13-8-5-9-24-13)25-17-18-12-7-4-3-6-11(12)16(22)21(17)2/h3-10H,1-2H3. The number of rotatable bonds is 4. The van der Waals surface area contributed by atoms with Crippen LogP contribution in [-0.4, -0.2) is 19.7 Å². The van der Waals surface area contributed by atoms with E-state index in [1.165, 1.54) is 11.8 Å². The molecule has 1 aromatic carbocycles. The molecule has 3 heterocycles. The molecular weight excluding hydrogens is 356 g/mol. The highest BCUT2D eigenvalue weighted by atomic mass is 32.2. The van der Waals surface area contributed by atoms with E-state index in [4.69, 9.17) is 4.52 Å². The zero-order valence-corrected chi connectivity index (χ0v) is 15.2. The third kappa shape index (κ3) is 2.98. The van der Waals surface area contributed by atoms with Crippen LogP contribution in [0, 0.1) is 0 Å². The first-order chi connectivity index (χ1) is 12.1. The van der Waals surface area contributed by atoms with E-state index < -0.39 is 0 Å². The number of fused-ring (bicyclic) bond motifs is 1. The predicted molar refractivity (Wildman–Crippen MR) is 98.9 cm³/mol. The number of hydrogen-bond acceptors (Lipinski definition) is 7. The minimum atomic E-state index is -0.125. The molecule has 1 unspecified atom stereocenters. The van der Waals surface area contributed by atoms with Gasteiger partial charge in [-0.3, -0.25) is 9.36 Å². The van der Waals surface area contributed by atoms with Gasteiger partial charge in [0.15, 0.2) is 5.16 Å². The largest absolute Gasteiger partial charge is 0.338 e. The molecule has 0 bridgehead atoms. The Morgan fingerprint density at radius 3 is 2.84 bits per heavy atom. The molecule has 0 aliphatic rings. The molecule has 0 N–H and O–H groups in total. The van der Waals surface area contributed by atoms with Crippen molar-refractivity contribution in [2.45, 2.75) is 17.3 Å². The SMILES string of the molecule is CC(Sc1nc2ccccc2c(=O)n1C)c1nc(-c2cccs2)no1. The van der Waals surface area contributed by atoms with Crippen LogP contribution in [0.15, 0.2) is 56.3 Å². The lowest BCUT2D eigenvalue weighted by Gasteiger charge is -2.10. The van der Waals surface area contributed by atoms with Gasteiger partial charge in [-0.1, -0.05) is 35.1 Å². The Morgan fingerprint density at radius 1 is 1.20 bits per heavy atom. The first-order valence-corrected chi connectivity index (χ1v) is 9.39. The second-order valence-electron chi connectivity index (χ2n) is 5.47. The van der Waals surface area contributed by atoms with Crippen LogP contribution in [0.3, 0.4) is 0 Å². The molecule has 0 spiro atoms. The first-order valence-electron chi connectivity index (χ1n) is 7.63. The van der Waals surface area contributed by atoms with E-state index in [1.807, 2.05) is 42.6 Å². The molecule has 1 atom stereocenters. The fourth-order valence-corrected chi connectivity index (χ4v) is 3.97. The number of nitrogens with zero attached hydrogens (tertiary/aromatic N) is 4. The van der Waals surface area contributed by atoms with Crippen molar-refractivity contribution in [3.63, 3.8) is 0 Å². The first kappa shape index (κ1) is 16.0. The smallest absolute Gasteiger partial charge is 0.261 e. The van der Waals surface area contributed by atoms with Crippen molar-refractivity contribution in [1.82, 2.24) is 19.7 Å². The van der Waals surface area contributed by atoms with Crippen LogP contribution < -0.4 is 5.56 Å². The Balaban J connectivity index is 1.65. The van der Waals surface area contributed by atoms with E-state index in [-0.39, 0.29) is 10.8 Å². The van der Waals surface area contributed by atoms with Gasteiger partial charge < -0.3 is 4.52 Å². The summed E-state index contributed by atoms with van der Waals surface area (Å²) in [6, 6.07) is 11.2. The maximum Gasteiger partial charge on any atom is 0.261 e. The molecular formula is C17H14N4O2S2. The van der Waals surface area contributed by atoms with Crippen LogP contribution in [0.1, 0.15) is 18.1 Å². The van der Waals surface area contributed by atoms with Crippen molar-refractivity contribution in [2.24, 2.45) is 7.05 Å². The molecule has 4 rings (SSSR count). The van der Waals surface area contributed by atoms with Crippen LogP contribution in [-0.2, 0) is 7.05 Å². The third-order valence-corrected chi connectivity index (χ3v) is 5.75. The zero-order chi connectivity index (χ0) is 17.4. The molecule has 8 heteroatoms. The summed E-state index contributed by atoms with van der Waals surface area (Å²) in [6.45, 7) is 1.96. The van der Waals surface area contributed by atoms with Gasteiger partial charge in [0.25, 0.3) is 5.56 Å². The average molecular weight is 370 g/mol. The molecule has 4 aromatic rings. The fraction of sp³-hybridized carbons (Fsp3) is 0.176. The molecule has 0 radical (unpaired) electrons. The van der Waals surface area contributed by atoms with E-state index in [0.717, 1.165) is 4.88 Å². The Labute approximate surface area is 151 Å². The van der Waals surface area contributed by atoms with Crippen molar-refractivity contribution < 1.29 is 4.52 Å². The fourth-order valence-electron chi connectivity index (χ4n) is 2.42. The van der Waals surface area contributed by atoms with E-state index in [2.05, 4.69) is 15.1 Å². The molecule has 0 aliphatic carbocycles. The zero-order valence-electron chi connectivity index (χ0n) is 13.5. The van der Waals surface area contributed by atoms with Crippen LogP contribution in [0.25, 0.3) is 21.6 Å². The average Bonchev–Trinajstić information content (AvgIpc) is 3.30. The van der Waals surface area contributed by atoms with Gasteiger partial charge in [-0.05, 0) is 30.5 Å². The summed E-state index contributed by atoms with van der Waals surface area (Å²) in [6.07, 6.45) is 0. The lowest BCUT2D eigenvalue weighted by Crippen LogP contribution is -2.20. The number of benzene rings is 1. The number of thioether (sulfide) groups is 1. The molecule has 6 nitrogen and oxygen atoms in total. The summed E-state index contributed by atoms with van der Waals surface area (Å²) in [5.41, 5.74) is 0.621. The van der Waals surface area contributed by atoms with Gasteiger partial charge in [0.2, 0.25) is 11.7 Å². The normalized spacial score (nSPS) is 12.6. The van der Waals surface area contributed by atoms with Gasteiger partial charge in [0, 0.05) is 7.05 Å². The molecule has 0 amide bonds. The van der Waals surface area contributed by atoms with Crippen LogP contribution in [0.4, 0.5) is 0 Å². The number of hydrogen-bond donors (Lipinski definition) is 0. The van der Waals surface area contributed by atoms with Crippen molar-refractivity contribution in [2.75, 3.05) is 0 Å². The van der Waals surface area contributed by atoms with Crippen LogP contribution in [0.5, 0.6) is 0 Å². The van der Waals surface area contributed by atoms with Crippen LogP contribution in [0.2, 0.25) is 0 Å². The Morgan fingerprint density at radius 2 is 2.04 bits per heavy atom. The van der Waals surface area contributed by atoms with Crippen molar-refractivity contribution in [1.29, 1.82) is 0 Å². The predicted octanol–water partition coefficient (Wildman–Crippen LogP) is 3.90. The Bertz CT molecular complexity index is 1090. The van der Waals surface area contributed by atoms with E-state index >= 15 is 0 Å².